The van der Waals surface area contributed by atoms with Gasteiger partial charge in [-0.15, -0.1) is 11.3 Å². The fourth-order valence-corrected chi connectivity index (χ4v) is 3.31. The van der Waals surface area contributed by atoms with Gasteiger partial charge in [0.15, 0.2) is 0 Å². The Labute approximate surface area is 148 Å². The number of carbonyl (C=O) groups excluding carboxylic acids is 1. The molecule has 5 nitrogen and oxygen atoms in total. The number of amides is 1. The largest absolute Gasteiger partial charge is 0.496 e. The maximum atomic E-state index is 12.3. The van der Waals surface area contributed by atoms with Crippen LogP contribution in [0.3, 0.4) is 0 Å². The summed E-state index contributed by atoms with van der Waals surface area (Å²) in [5.74, 6) is 0.282. The van der Waals surface area contributed by atoms with Crippen molar-refractivity contribution in [2.24, 2.45) is 0 Å². The third-order valence-corrected chi connectivity index (χ3v) is 4.65. The average Bonchev–Trinajstić information content (AvgIpc) is 3.25. The van der Waals surface area contributed by atoms with Crippen LogP contribution in [0, 0.1) is 0 Å². The number of imidazole rings is 1. The Kier molecular flexibility index (Phi) is 5.17. The number of nitrogens with one attached hydrogen (secondary N) is 2. The molecule has 0 spiro atoms. The summed E-state index contributed by atoms with van der Waals surface area (Å²) in [5.41, 5.74) is 2.35. The second kappa shape index (κ2) is 7.51. The predicted octanol–water partition coefficient (Wildman–Crippen LogP) is 3.77. The molecule has 0 unspecified atom stereocenters. The fraction of sp³-hybridized carbons (Fsp3) is 0.176. The summed E-state index contributed by atoms with van der Waals surface area (Å²) in [6.45, 7) is 0.481. The van der Waals surface area contributed by atoms with Crippen LogP contribution >= 0.6 is 22.9 Å². The van der Waals surface area contributed by atoms with Crippen LogP contribution in [0.5, 0.6) is 5.75 Å². The van der Waals surface area contributed by atoms with Gasteiger partial charge in [-0.3, -0.25) is 4.79 Å². The van der Waals surface area contributed by atoms with E-state index in [1.807, 2.05) is 17.5 Å². The van der Waals surface area contributed by atoms with Crippen molar-refractivity contribution in [3.05, 3.63) is 58.3 Å². The number of rotatable bonds is 6. The summed E-state index contributed by atoms with van der Waals surface area (Å²) in [6, 6.07) is 8.99. The number of ether oxygens (including phenoxy) is 1. The molecule has 0 bridgehead atoms. The van der Waals surface area contributed by atoms with E-state index in [1.54, 1.807) is 35.9 Å². The first-order valence-electron chi connectivity index (χ1n) is 7.37. The van der Waals surface area contributed by atoms with E-state index in [9.17, 15) is 4.79 Å². The molecule has 0 saturated carbocycles. The molecule has 3 rings (SSSR count). The lowest BCUT2D eigenvalue weighted by atomic mass is 10.1. The molecule has 3 aromatic rings. The van der Waals surface area contributed by atoms with Gasteiger partial charge in [-0.25, -0.2) is 4.98 Å². The second-order valence-corrected chi connectivity index (χ2v) is 6.44. The number of aromatic amines is 1. The van der Waals surface area contributed by atoms with Crippen molar-refractivity contribution in [2.45, 2.75) is 6.42 Å². The number of thiophene rings is 1. The van der Waals surface area contributed by atoms with E-state index >= 15 is 0 Å². The molecule has 1 aromatic carbocycles. The minimum Gasteiger partial charge on any atom is -0.496 e. The lowest BCUT2D eigenvalue weighted by molar-refractivity contribution is 0.0951. The van der Waals surface area contributed by atoms with Crippen molar-refractivity contribution in [2.75, 3.05) is 13.7 Å². The predicted molar refractivity (Wildman–Crippen MR) is 95.9 cm³/mol. The SMILES string of the molecule is COc1ccc(Cl)cc1C(=O)NCCc1[nH]cnc1-c1cccs1. The highest BCUT2D eigenvalue weighted by atomic mass is 35.5. The number of hydrogen-bond donors (Lipinski definition) is 2. The number of carbonyl (C=O) groups is 1. The molecule has 1 amide bonds. The number of hydrogen-bond acceptors (Lipinski definition) is 4. The summed E-state index contributed by atoms with van der Waals surface area (Å²) in [7, 11) is 1.53. The van der Waals surface area contributed by atoms with Crippen LogP contribution in [-0.4, -0.2) is 29.5 Å². The highest BCUT2D eigenvalue weighted by Gasteiger charge is 2.14. The Morgan fingerprint density at radius 3 is 3.04 bits per heavy atom. The summed E-state index contributed by atoms with van der Waals surface area (Å²) in [5, 5.41) is 5.40. The quantitative estimate of drug-likeness (QED) is 0.702. The van der Waals surface area contributed by atoms with Crippen molar-refractivity contribution in [3.8, 4) is 16.3 Å². The smallest absolute Gasteiger partial charge is 0.255 e. The fourth-order valence-electron chi connectivity index (χ4n) is 2.39. The molecule has 24 heavy (non-hydrogen) atoms. The number of H-pyrrole nitrogens is 1. The minimum atomic E-state index is -0.216. The third kappa shape index (κ3) is 3.60. The Balaban J connectivity index is 1.64. The van der Waals surface area contributed by atoms with Gasteiger partial charge in [0.25, 0.3) is 5.91 Å². The first kappa shape index (κ1) is 16.5. The van der Waals surface area contributed by atoms with Crippen LogP contribution in [0.25, 0.3) is 10.6 Å². The topological polar surface area (TPSA) is 67.0 Å². The lowest BCUT2D eigenvalue weighted by Gasteiger charge is -2.09. The normalized spacial score (nSPS) is 10.6. The standard InChI is InChI=1S/C17H16ClN3O2S/c1-23-14-5-4-11(18)9-12(14)17(22)19-7-6-13-16(21-10-20-13)15-3-2-8-24-15/h2-5,8-10H,6-7H2,1H3,(H,19,22)(H,20,21). The highest BCUT2D eigenvalue weighted by molar-refractivity contribution is 7.13. The van der Waals surface area contributed by atoms with Gasteiger partial charge in [0.05, 0.1) is 23.9 Å². The monoisotopic (exact) mass is 361 g/mol. The summed E-state index contributed by atoms with van der Waals surface area (Å²) >= 11 is 7.60. The van der Waals surface area contributed by atoms with Crippen molar-refractivity contribution < 1.29 is 9.53 Å². The van der Waals surface area contributed by atoms with Crippen molar-refractivity contribution in [3.63, 3.8) is 0 Å². The van der Waals surface area contributed by atoms with Crippen LogP contribution in [0.2, 0.25) is 5.02 Å². The van der Waals surface area contributed by atoms with Crippen LogP contribution in [0.15, 0.2) is 42.0 Å². The minimum absolute atomic E-state index is 0.216. The van der Waals surface area contributed by atoms with Gasteiger partial charge < -0.3 is 15.0 Å². The zero-order chi connectivity index (χ0) is 16.9. The summed E-state index contributed by atoms with van der Waals surface area (Å²) in [4.78, 5) is 20.9. The lowest BCUT2D eigenvalue weighted by Crippen LogP contribution is -2.26. The van der Waals surface area contributed by atoms with Crippen molar-refractivity contribution >= 4 is 28.8 Å². The van der Waals surface area contributed by atoms with Gasteiger partial charge in [-0.1, -0.05) is 17.7 Å². The maximum absolute atomic E-state index is 12.3. The number of benzene rings is 1. The van der Waals surface area contributed by atoms with E-state index in [4.69, 9.17) is 16.3 Å². The molecule has 2 heterocycles. The molecule has 0 aliphatic carbocycles. The zero-order valence-electron chi connectivity index (χ0n) is 13.0. The number of methoxy groups -OCH3 is 1. The molecule has 0 saturated heterocycles. The van der Waals surface area contributed by atoms with Gasteiger partial charge in [-0.2, -0.15) is 0 Å². The molecule has 0 aliphatic rings. The second-order valence-electron chi connectivity index (χ2n) is 5.06. The van der Waals surface area contributed by atoms with Gasteiger partial charge in [0, 0.05) is 23.7 Å². The molecule has 2 aromatic heterocycles. The first-order chi connectivity index (χ1) is 11.7. The van der Waals surface area contributed by atoms with E-state index in [2.05, 4.69) is 15.3 Å². The van der Waals surface area contributed by atoms with Crippen LogP contribution in [-0.2, 0) is 6.42 Å². The zero-order valence-corrected chi connectivity index (χ0v) is 14.6. The van der Waals surface area contributed by atoms with Gasteiger partial charge in [0.2, 0.25) is 0 Å². The Morgan fingerprint density at radius 2 is 2.29 bits per heavy atom. The third-order valence-electron chi connectivity index (χ3n) is 3.54. The molecule has 2 N–H and O–H groups in total. The molecular weight excluding hydrogens is 346 g/mol. The highest BCUT2D eigenvalue weighted by Crippen LogP contribution is 2.25. The summed E-state index contributed by atoms with van der Waals surface area (Å²) in [6.07, 6.45) is 2.33. The number of nitrogens with zero attached hydrogens (tertiary/aromatic N) is 1. The molecule has 0 atom stereocenters. The van der Waals surface area contributed by atoms with E-state index in [0.29, 0.717) is 29.3 Å². The number of aromatic nitrogens is 2. The van der Waals surface area contributed by atoms with Crippen LogP contribution in [0.1, 0.15) is 16.1 Å². The molecule has 124 valence electrons. The Hall–Kier alpha value is -2.31. The van der Waals surface area contributed by atoms with Crippen molar-refractivity contribution in [1.82, 2.24) is 15.3 Å². The van der Waals surface area contributed by atoms with E-state index in [0.717, 1.165) is 16.3 Å². The maximum Gasteiger partial charge on any atom is 0.255 e. The number of halogens is 1. The van der Waals surface area contributed by atoms with Gasteiger partial charge >= 0.3 is 0 Å². The molecule has 7 heteroatoms. The van der Waals surface area contributed by atoms with Crippen LogP contribution in [0.4, 0.5) is 0 Å². The first-order valence-corrected chi connectivity index (χ1v) is 8.62. The average molecular weight is 362 g/mol. The van der Waals surface area contributed by atoms with Gasteiger partial charge in [0.1, 0.15) is 11.4 Å². The Morgan fingerprint density at radius 1 is 1.42 bits per heavy atom. The molecular formula is C17H16ClN3O2S. The van der Waals surface area contributed by atoms with E-state index in [-0.39, 0.29) is 5.91 Å². The van der Waals surface area contributed by atoms with Gasteiger partial charge in [-0.05, 0) is 29.6 Å². The van der Waals surface area contributed by atoms with Crippen molar-refractivity contribution in [1.29, 1.82) is 0 Å². The summed E-state index contributed by atoms with van der Waals surface area (Å²) < 4.78 is 5.21. The Bertz CT molecular complexity index is 830. The van der Waals surface area contributed by atoms with E-state index in [1.165, 1.54) is 7.11 Å². The molecule has 0 fully saturated rings. The van der Waals surface area contributed by atoms with Crippen LogP contribution < -0.4 is 10.1 Å². The molecule has 0 aliphatic heterocycles. The molecule has 0 radical (unpaired) electrons. The van der Waals surface area contributed by atoms with E-state index < -0.39 is 0 Å².